The molecule has 2 atom stereocenters. The Hall–Kier alpha value is -2.68. The van der Waals surface area contributed by atoms with Crippen LogP contribution in [0.4, 0.5) is 9.18 Å². The van der Waals surface area contributed by atoms with Gasteiger partial charge in [0.2, 0.25) is 11.8 Å². The highest BCUT2D eigenvalue weighted by molar-refractivity contribution is 5.91. The maximum atomic E-state index is 13.0. The molecule has 8 nitrogen and oxygen atoms in total. The molecule has 0 aliphatic carbocycles. The number of nitrogens with one attached hydrogen (secondary N) is 2. The summed E-state index contributed by atoms with van der Waals surface area (Å²) in [6.07, 6.45) is 1.73. The molecule has 28 heavy (non-hydrogen) atoms. The predicted octanol–water partition coefficient (Wildman–Crippen LogP) is 1.04. The summed E-state index contributed by atoms with van der Waals surface area (Å²) in [6, 6.07) is 4.94. The standard InChI is InChI=1S/C19H26FN5O3/c1-3-4-5-15-18(27)21-11-16-24(15)17(26)12-23(2)25(16)19(28)22-10-13-6-8-14(20)9-7-13/h6-9,15-16H,3-5,10-12H2,1-2H3,(H,21,27)(H,22,28)/t15-,16-/m0/s1. The van der Waals surface area contributed by atoms with E-state index < -0.39 is 12.2 Å². The van der Waals surface area contributed by atoms with Gasteiger partial charge in [0.1, 0.15) is 18.0 Å². The third-order valence-electron chi connectivity index (χ3n) is 5.12. The van der Waals surface area contributed by atoms with Crippen LogP contribution in [-0.4, -0.2) is 65.1 Å². The molecule has 1 aromatic carbocycles. The van der Waals surface area contributed by atoms with Crippen LogP contribution in [0.3, 0.4) is 0 Å². The predicted molar refractivity (Wildman–Crippen MR) is 100 cm³/mol. The van der Waals surface area contributed by atoms with Crippen LogP contribution in [0.15, 0.2) is 24.3 Å². The van der Waals surface area contributed by atoms with Gasteiger partial charge in [-0.25, -0.2) is 19.2 Å². The molecule has 0 aromatic heterocycles. The first-order valence-corrected chi connectivity index (χ1v) is 9.53. The Labute approximate surface area is 163 Å². The number of hydrogen-bond acceptors (Lipinski definition) is 4. The maximum Gasteiger partial charge on any atom is 0.334 e. The summed E-state index contributed by atoms with van der Waals surface area (Å²) >= 11 is 0. The fraction of sp³-hybridized carbons (Fsp3) is 0.526. The van der Waals surface area contributed by atoms with Crippen LogP contribution in [0.2, 0.25) is 0 Å². The third-order valence-corrected chi connectivity index (χ3v) is 5.12. The number of carbonyl (C=O) groups excluding carboxylic acids is 3. The number of unbranched alkanes of at least 4 members (excludes halogenated alkanes) is 1. The lowest BCUT2D eigenvalue weighted by Gasteiger charge is -2.52. The number of rotatable bonds is 5. The molecular weight excluding hydrogens is 365 g/mol. The zero-order valence-corrected chi connectivity index (χ0v) is 16.2. The number of carbonyl (C=O) groups is 3. The van der Waals surface area contributed by atoms with Gasteiger partial charge in [-0.2, -0.15) is 0 Å². The van der Waals surface area contributed by atoms with Crippen molar-refractivity contribution in [2.45, 2.75) is 44.9 Å². The molecule has 0 bridgehead atoms. The molecule has 2 fully saturated rings. The van der Waals surface area contributed by atoms with E-state index in [9.17, 15) is 18.8 Å². The van der Waals surface area contributed by atoms with Crippen LogP contribution < -0.4 is 10.6 Å². The summed E-state index contributed by atoms with van der Waals surface area (Å²) < 4.78 is 13.0. The molecule has 2 N–H and O–H groups in total. The second-order valence-electron chi connectivity index (χ2n) is 7.13. The van der Waals surface area contributed by atoms with Gasteiger partial charge in [0, 0.05) is 13.6 Å². The Kier molecular flexibility index (Phi) is 6.13. The fourth-order valence-corrected chi connectivity index (χ4v) is 3.69. The summed E-state index contributed by atoms with van der Waals surface area (Å²) in [6.45, 7) is 2.47. The van der Waals surface area contributed by atoms with Gasteiger partial charge in [0.15, 0.2) is 0 Å². The molecule has 9 heteroatoms. The lowest BCUT2D eigenvalue weighted by Crippen LogP contribution is -2.75. The Morgan fingerprint density at radius 1 is 1.29 bits per heavy atom. The van der Waals surface area contributed by atoms with Crippen molar-refractivity contribution in [3.8, 4) is 0 Å². The van der Waals surface area contributed by atoms with Crippen molar-refractivity contribution in [1.82, 2.24) is 25.6 Å². The lowest BCUT2D eigenvalue weighted by atomic mass is 10.0. The number of nitrogens with zero attached hydrogens (tertiary/aromatic N) is 3. The average Bonchev–Trinajstić information content (AvgIpc) is 2.67. The van der Waals surface area contributed by atoms with Gasteiger partial charge in [0.25, 0.3) is 0 Å². The first-order valence-electron chi connectivity index (χ1n) is 9.53. The third kappa shape index (κ3) is 4.09. The number of likely N-dealkylation sites (N-methyl/N-ethyl adjacent to an activating group) is 1. The Bertz CT molecular complexity index is 742. The molecule has 2 heterocycles. The van der Waals surface area contributed by atoms with Crippen LogP contribution in [0.5, 0.6) is 0 Å². The summed E-state index contributed by atoms with van der Waals surface area (Å²) in [7, 11) is 1.67. The Morgan fingerprint density at radius 2 is 2.00 bits per heavy atom. The van der Waals surface area contributed by atoms with Crippen LogP contribution >= 0.6 is 0 Å². The molecule has 2 saturated heterocycles. The van der Waals surface area contributed by atoms with Crippen molar-refractivity contribution in [2.75, 3.05) is 20.1 Å². The van der Waals surface area contributed by atoms with Gasteiger partial charge >= 0.3 is 6.03 Å². The minimum Gasteiger partial charge on any atom is -0.350 e. The SMILES string of the molecule is CCCC[C@H]1C(=O)NC[C@H]2N1C(=O)CN(C)N2C(=O)NCc1ccc(F)cc1. The number of fused-ring (bicyclic) bond motifs is 1. The summed E-state index contributed by atoms with van der Waals surface area (Å²) in [5.41, 5.74) is 0.764. The van der Waals surface area contributed by atoms with E-state index in [1.807, 2.05) is 6.92 Å². The molecule has 152 valence electrons. The molecule has 0 spiro atoms. The van der Waals surface area contributed by atoms with Crippen molar-refractivity contribution < 1.29 is 18.8 Å². The molecule has 2 aliphatic rings. The van der Waals surface area contributed by atoms with Crippen LogP contribution in [-0.2, 0) is 16.1 Å². The zero-order chi connectivity index (χ0) is 20.3. The molecule has 0 saturated carbocycles. The number of hydrogen-bond donors (Lipinski definition) is 2. The van der Waals surface area contributed by atoms with E-state index in [1.54, 1.807) is 29.1 Å². The first-order chi connectivity index (χ1) is 13.4. The number of urea groups is 1. The first kappa shape index (κ1) is 20.1. The number of piperazine rings is 1. The second-order valence-corrected chi connectivity index (χ2v) is 7.13. The number of amides is 4. The Balaban J connectivity index is 1.74. The monoisotopic (exact) mass is 391 g/mol. The fourth-order valence-electron chi connectivity index (χ4n) is 3.69. The second kappa shape index (κ2) is 8.55. The summed E-state index contributed by atoms with van der Waals surface area (Å²) in [5, 5.41) is 8.67. The summed E-state index contributed by atoms with van der Waals surface area (Å²) in [5.74, 6) is -0.670. The topological polar surface area (TPSA) is 85.0 Å². The maximum absolute atomic E-state index is 13.0. The highest BCUT2D eigenvalue weighted by atomic mass is 19.1. The van der Waals surface area contributed by atoms with Gasteiger partial charge in [-0.05, 0) is 24.1 Å². The van der Waals surface area contributed by atoms with Crippen molar-refractivity contribution in [3.63, 3.8) is 0 Å². The summed E-state index contributed by atoms with van der Waals surface area (Å²) in [4.78, 5) is 39.4. The van der Waals surface area contributed by atoms with Crippen LogP contribution in [0.1, 0.15) is 31.7 Å². The zero-order valence-electron chi connectivity index (χ0n) is 16.2. The van der Waals surface area contributed by atoms with Crippen molar-refractivity contribution in [2.24, 2.45) is 0 Å². The van der Waals surface area contributed by atoms with Gasteiger partial charge in [-0.3, -0.25) is 9.59 Å². The van der Waals surface area contributed by atoms with Crippen molar-refractivity contribution >= 4 is 17.8 Å². The number of halogens is 1. The van der Waals surface area contributed by atoms with E-state index in [1.165, 1.54) is 17.1 Å². The van der Waals surface area contributed by atoms with E-state index in [4.69, 9.17) is 0 Å². The molecule has 2 aliphatic heterocycles. The molecule has 3 rings (SSSR count). The van der Waals surface area contributed by atoms with Crippen molar-refractivity contribution in [1.29, 1.82) is 0 Å². The van der Waals surface area contributed by atoms with E-state index in [-0.39, 0.29) is 43.3 Å². The largest absolute Gasteiger partial charge is 0.350 e. The minimum atomic E-state index is -0.570. The minimum absolute atomic E-state index is 0.0242. The van der Waals surface area contributed by atoms with Gasteiger partial charge in [0.05, 0.1) is 13.1 Å². The molecule has 1 aromatic rings. The highest BCUT2D eigenvalue weighted by Gasteiger charge is 2.47. The molecular formula is C19H26FN5O3. The smallest absolute Gasteiger partial charge is 0.334 e. The molecule has 0 radical (unpaired) electrons. The van der Waals surface area contributed by atoms with E-state index in [2.05, 4.69) is 10.6 Å². The average molecular weight is 391 g/mol. The number of benzene rings is 1. The molecule has 4 amide bonds. The van der Waals surface area contributed by atoms with Gasteiger partial charge < -0.3 is 15.5 Å². The van der Waals surface area contributed by atoms with E-state index in [0.29, 0.717) is 6.42 Å². The molecule has 0 unspecified atom stereocenters. The number of hydrazine groups is 1. The Morgan fingerprint density at radius 3 is 2.68 bits per heavy atom. The van der Waals surface area contributed by atoms with E-state index >= 15 is 0 Å². The van der Waals surface area contributed by atoms with Crippen molar-refractivity contribution in [3.05, 3.63) is 35.6 Å². The van der Waals surface area contributed by atoms with E-state index in [0.717, 1.165) is 18.4 Å². The van der Waals surface area contributed by atoms with Gasteiger partial charge in [-0.1, -0.05) is 31.9 Å². The quantitative estimate of drug-likeness (QED) is 0.786. The van der Waals surface area contributed by atoms with Crippen LogP contribution in [0, 0.1) is 5.82 Å². The highest BCUT2D eigenvalue weighted by Crippen LogP contribution is 2.24. The lowest BCUT2D eigenvalue weighted by molar-refractivity contribution is -0.177. The van der Waals surface area contributed by atoms with Crippen LogP contribution in [0.25, 0.3) is 0 Å². The normalized spacial score (nSPS) is 22.7. The van der Waals surface area contributed by atoms with Gasteiger partial charge in [-0.15, -0.1) is 0 Å².